The number of hydrogen-bond donors (Lipinski definition) is 1. The number of thiophene rings is 1. The summed E-state index contributed by atoms with van der Waals surface area (Å²) in [5.41, 5.74) is 0.548. The molecule has 0 spiro atoms. The van der Waals surface area contributed by atoms with Crippen LogP contribution in [0, 0.1) is 0 Å². The molecule has 0 atom stereocenters. The third-order valence-corrected chi connectivity index (χ3v) is 5.47. The summed E-state index contributed by atoms with van der Waals surface area (Å²) in [6, 6.07) is 3.71. The van der Waals surface area contributed by atoms with Gasteiger partial charge in [-0.15, -0.1) is 17.9 Å². The second-order valence-corrected chi connectivity index (χ2v) is 7.68. The van der Waals surface area contributed by atoms with Crippen LogP contribution in [0.2, 0.25) is 0 Å². The third kappa shape index (κ3) is 3.73. The molecule has 1 amide bonds. The number of thioether (sulfide) groups is 1. The fourth-order valence-corrected chi connectivity index (χ4v) is 4.04. The smallest absolute Gasteiger partial charge is 0.272 e. The summed E-state index contributed by atoms with van der Waals surface area (Å²) in [6.45, 7) is 8.03. The van der Waals surface area contributed by atoms with Gasteiger partial charge in [0.1, 0.15) is 10.5 Å². The van der Waals surface area contributed by atoms with Crippen molar-refractivity contribution in [3.05, 3.63) is 46.7 Å². The molecule has 1 N–H and O–H groups in total. The number of fused-ring (bicyclic) bond motifs is 1. The largest absolute Gasteiger partial charge is 0.310 e. The highest BCUT2D eigenvalue weighted by Gasteiger charge is 2.15. The number of nitrogens with one attached hydrogen (secondary N) is 1. The molecule has 0 aromatic carbocycles. The van der Waals surface area contributed by atoms with E-state index in [0.29, 0.717) is 27.7 Å². The summed E-state index contributed by atoms with van der Waals surface area (Å²) in [4.78, 5) is 29.4. The first kappa shape index (κ1) is 18.4. The van der Waals surface area contributed by atoms with Crippen LogP contribution in [0.25, 0.3) is 10.2 Å². The molecule has 0 radical (unpaired) electrons. The van der Waals surface area contributed by atoms with Gasteiger partial charge in [0.05, 0.1) is 17.5 Å². The molecule has 9 heteroatoms. The number of anilines is 1. The van der Waals surface area contributed by atoms with Gasteiger partial charge < -0.3 is 5.32 Å². The Morgan fingerprint density at radius 1 is 1.46 bits per heavy atom. The van der Waals surface area contributed by atoms with Gasteiger partial charge in [0, 0.05) is 18.7 Å². The van der Waals surface area contributed by atoms with E-state index in [2.05, 4.69) is 22.0 Å². The molecule has 7 nitrogen and oxygen atoms in total. The van der Waals surface area contributed by atoms with Crippen LogP contribution in [0.4, 0.5) is 5.82 Å². The number of hydrogen-bond acceptors (Lipinski definition) is 6. The van der Waals surface area contributed by atoms with E-state index in [1.54, 1.807) is 27.6 Å². The Kier molecular flexibility index (Phi) is 5.58. The lowest BCUT2D eigenvalue weighted by Gasteiger charge is -2.12. The average molecular weight is 390 g/mol. The Balaban J connectivity index is 1.77. The highest BCUT2D eigenvalue weighted by Crippen LogP contribution is 2.21. The van der Waals surface area contributed by atoms with Crippen molar-refractivity contribution in [2.75, 3.05) is 11.1 Å². The highest BCUT2D eigenvalue weighted by molar-refractivity contribution is 7.99. The molecule has 3 rings (SSSR count). The van der Waals surface area contributed by atoms with Crippen molar-refractivity contribution < 1.29 is 4.79 Å². The fourth-order valence-electron chi connectivity index (χ4n) is 2.46. The van der Waals surface area contributed by atoms with Crippen molar-refractivity contribution in [3.63, 3.8) is 0 Å². The predicted molar refractivity (Wildman–Crippen MR) is 106 cm³/mol. The molecule has 0 fully saturated rings. The van der Waals surface area contributed by atoms with Crippen LogP contribution in [0.5, 0.6) is 0 Å². The Bertz CT molecular complexity index is 1000. The number of carbonyl (C=O) groups excluding carboxylic acids is 1. The first-order valence-electron chi connectivity index (χ1n) is 8.06. The molecule has 0 saturated carbocycles. The van der Waals surface area contributed by atoms with E-state index in [0.717, 1.165) is 0 Å². The highest BCUT2D eigenvalue weighted by atomic mass is 32.2. The van der Waals surface area contributed by atoms with Crippen LogP contribution < -0.4 is 10.9 Å². The fraction of sp³-hybridized carbons (Fsp3) is 0.294. The zero-order valence-electron chi connectivity index (χ0n) is 14.5. The zero-order valence-corrected chi connectivity index (χ0v) is 16.1. The van der Waals surface area contributed by atoms with Crippen molar-refractivity contribution in [2.45, 2.75) is 31.6 Å². The Labute approximate surface area is 158 Å². The van der Waals surface area contributed by atoms with Crippen molar-refractivity contribution >= 4 is 45.0 Å². The summed E-state index contributed by atoms with van der Waals surface area (Å²) in [5.74, 6) is 0.611. The maximum absolute atomic E-state index is 12.6. The van der Waals surface area contributed by atoms with Gasteiger partial charge in [-0.05, 0) is 25.3 Å². The minimum atomic E-state index is -0.179. The number of rotatable bonds is 7. The van der Waals surface area contributed by atoms with Crippen molar-refractivity contribution in [1.29, 1.82) is 0 Å². The molecule has 0 unspecified atom stereocenters. The SMILES string of the molecule is C=CCn1c(SCC(=O)Nc2ccnn2C(C)C)nc2ccsc2c1=O. The number of aromatic nitrogens is 4. The lowest BCUT2D eigenvalue weighted by atomic mass is 10.4. The number of carbonyl (C=O) groups is 1. The standard InChI is InChI=1S/C17H19N5O2S2/c1-4-8-21-16(24)15-12(6-9-25-15)19-17(21)26-10-14(23)20-13-5-7-18-22(13)11(2)3/h4-7,9,11H,1,8,10H2,2-3H3,(H,20,23). The second-order valence-electron chi connectivity index (χ2n) is 5.83. The molecule has 3 aromatic rings. The summed E-state index contributed by atoms with van der Waals surface area (Å²) in [7, 11) is 0. The quantitative estimate of drug-likeness (QED) is 0.381. The first-order valence-corrected chi connectivity index (χ1v) is 9.93. The van der Waals surface area contributed by atoms with E-state index < -0.39 is 0 Å². The third-order valence-electron chi connectivity index (χ3n) is 3.60. The average Bonchev–Trinajstić information content (AvgIpc) is 3.25. The van der Waals surface area contributed by atoms with Crippen molar-refractivity contribution in [1.82, 2.24) is 19.3 Å². The molecule has 3 aromatic heterocycles. The molecule has 3 heterocycles. The van der Waals surface area contributed by atoms with Crippen LogP contribution in [0.15, 0.2) is 46.3 Å². The molecule has 0 aliphatic heterocycles. The van der Waals surface area contributed by atoms with Gasteiger partial charge in [-0.3, -0.25) is 14.2 Å². The molecular weight excluding hydrogens is 370 g/mol. The lowest BCUT2D eigenvalue weighted by Crippen LogP contribution is -2.23. The number of amides is 1. The summed E-state index contributed by atoms with van der Waals surface area (Å²) in [6.07, 6.45) is 3.30. The van der Waals surface area contributed by atoms with E-state index in [1.165, 1.54) is 23.1 Å². The molecule has 0 bridgehead atoms. The van der Waals surface area contributed by atoms with Gasteiger partial charge in [0.2, 0.25) is 5.91 Å². The first-order chi connectivity index (χ1) is 12.5. The van der Waals surface area contributed by atoms with Gasteiger partial charge in [-0.2, -0.15) is 5.10 Å². The molecule has 26 heavy (non-hydrogen) atoms. The van der Waals surface area contributed by atoms with Crippen LogP contribution in [-0.2, 0) is 11.3 Å². The van der Waals surface area contributed by atoms with E-state index in [9.17, 15) is 9.59 Å². The minimum Gasteiger partial charge on any atom is -0.310 e. The van der Waals surface area contributed by atoms with Crippen LogP contribution >= 0.6 is 23.1 Å². The van der Waals surface area contributed by atoms with E-state index >= 15 is 0 Å². The Morgan fingerprint density at radius 2 is 2.27 bits per heavy atom. The van der Waals surface area contributed by atoms with E-state index in [1.807, 2.05) is 25.3 Å². The van der Waals surface area contributed by atoms with Gasteiger partial charge in [0.25, 0.3) is 5.56 Å². The van der Waals surface area contributed by atoms with Crippen LogP contribution in [-0.4, -0.2) is 31.0 Å². The molecule has 0 aliphatic carbocycles. The summed E-state index contributed by atoms with van der Waals surface area (Å²) >= 11 is 2.60. The number of allylic oxidation sites excluding steroid dienone is 1. The summed E-state index contributed by atoms with van der Waals surface area (Å²) < 4.78 is 3.90. The molecule has 136 valence electrons. The van der Waals surface area contributed by atoms with Crippen molar-refractivity contribution in [2.24, 2.45) is 0 Å². The predicted octanol–water partition coefficient (Wildman–Crippen LogP) is 3.15. The maximum atomic E-state index is 12.6. The normalized spacial score (nSPS) is 11.2. The number of nitrogens with zero attached hydrogens (tertiary/aromatic N) is 4. The minimum absolute atomic E-state index is 0.106. The Morgan fingerprint density at radius 3 is 3.00 bits per heavy atom. The van der Waals surface area contributed by atoms with Crippen LogP contribution in [0.3, 0.4) is 0 Å². The topological polar surface area (TPSA) is 81.8 Å². The summed E-state index contributed by atoms with van der Waals surface area (Å²) in [5, 5.41) is 9.39. The Hall–Kier alpha value is -2.39. The van der Waals surface area contributed by atoms with Gasteiger partial charge in [-0.25, -0.2) is 9.67 Å². The van der Waals surface area contributed by atoms with Crippen LogP contribution in [0.1, 0.15) is 19.9 Å². The second kappa shape index (κ2) is 7.88. The van der Waals surface area contributed by atoms with E-state index in [4.69, 9.17) is 0 Å². The molecular formula is C17H19N5O2S2. The molecule has 0 aliphatic rings. The zero-order chi connectivity index (χ0) is 18.7. The maximum Gasteiger partial charge on any atom is 0.272 e. The van der Waals surface area contributed by atoms with Gasteiger partial charge in [-0.1, -0.05) is 17.8 Å². The lowest BCUT2D eigenvalue weighted by molar-refractivity contribution is -0.113. The van der Waals surface area contributed by atoms with Gasteiger partial charge >= 0.3 is 0 Å². The van der Waals surface area contributed by atoms with Crippen molar-refractivity contribution in [3.8, 4) is 0 Å². The van der Waals surface area contributed by atoms with E-state index in [-0.39, 0.29) is 23.3 Å². The monoisotopic (exact) mass is 389 g/mol. The molecule has 0 saturated heterocycles. The van der Waals surface area contributed by atoms with Gasteiger partial charge in [0.15, 0.2) is 5.16 Å².